The summed E-state index contributed by atoms with van der Waals surface area (Å²) in [6, 6.07) is 4.13. The Hall–Kier alpha value is -1.75. The lowest BCUT2D eigenvalue weighted by Gasteiger charge is -2.22. The van der Waals surface area contributed by atoms with Gasteiger partial charge in [0, 0.05) is 19.6 Å². The SMILES string of the molecule is COC(C)(C)CCOc1ccc(C(=O)O)c(O)c1. The topological polar surface area (TPSA) is 76.0 Å². The second-order valence-corrected chi connectivity index (χ2v) is 4.55. The molecule has 0 aliphatic rings. The second kappa shape index (κ2) is 5.73. The van der Waals surface area contributed by atoms with Crippen molar-refractivity contribution in [3.8, 4) is 11.5 Å². The van der Waals surface area contributed by atoms with Gasteiger partial charge in [0.05, 0.1) is 12.2 Å². The molecule has 2 N–H and O–H groups in total. The van der Waals surface area contributed by atoms with Crippen molar-refractivity contribution in [1.82, 2.24) is 0 Å². The number of rotatable bonds is 6. The highest BCUT2D eigenvalue weighted by atomic mass is 16.5. The molecule has 18 heavy (non-hydrogen) atoms. The maximum Gasteiger partial charge on any atom is 0.339 e. The van der Waals surface area contributed by atoms with Gasteiger partial charge in [-0.2, -0.15) is 0 Å². The van der Waals surface area contributed by atoms with Gasteiger partial charge in [-0.1, -0.05) is 0 Å². The predicted octanol–water partition coefficient (Wildman–Crippen LogP) is 2.28. The van der Waals surface area contributed by atoms with E-state index in [1.165, 1.54) is 18.2 Å². The Labute approximate surface area is 106 Å². The van der Waals surface area contributed by atoms with Crippen LogP contribution < -0.4 is 4.74 Å². The minimum absolute atomic E-state index is 0.139. The molecule has 0 heterocycles. The van der Waals surface area contributed by atoms with E-state index in [0.29, 0.717) is 18.8 Å². The van der Waals surface area contributed by atoms with E-state index in [1.54, 1.807) is 7.11 Å². The molecule has 0 radical (unpaired) electrons. The first-order chi connectivity index (χ1) is 8.35. The van der Waals surface area contributed by atoms with Crippen molar-refractivity contribution in [3.63, 3.8) is 0 Å². The molecule has 0 atom stereocenters. The summed E-state index contributed by atoms with van der Waals surface area (Å²) < 4.78 is 10.7. The lowest BCUT2D eigenvalue weighted by Crippen LogP contribution is -2.25. The third-order valence-corrected chi connectivity index (χ3v) is 2.73. The number of aromatic carboxylic acids is 1. The second-order valence-electron chi connectivity index (χ2n) is 4.55. The zero-order valence-electron chi connectivity index (χ0n) is 10.8. The molecule has 0 saturated heterocycles. The average Bonchev–Trinajstić information content (AvgIpc) is 2.28. The molecule has 0 aliphatic heterocycles. The number of hydrogen-bond acceptors (Lipinski definition) is 4. The van der Waals surface area contributed by atoms with E-state index < -0.39 is 5.97 Å². The molecule has 0 aliphatic carbocycles. The third-order valence-electron chi connectivity index (χ3n) is 2.73. The molecule has 0 aromatic heterocycles. The summed E-state index contributed by atoms with van der Waals surface area (Å²) in [5.41, 5.74) is -0.414. The predicted molar refractivity (Wildman–Crippen MR) is 66.3 cm³/mol. The van der Waals surface area contributed by atoms with Crippen molar-refractivity contribution in [1.29, 1.82) is 0 Å². The van der Waals surface area contributed by atoms with Crippen LogP contribution in [0.2, 0.25) is 0 Å². The Morgan fingerprint density at radius 3 is 2.56 bits per heavy atom. The van der Waals surface area contributed by atoms with Gasteiger partial charge in [-0.3, -0.25) is 0 Å². The van der Waals surface area contributed by atoms with E-state index in [1.807, 2.05) is 13.8 Å². The zero-order valence-corrected chi connectivity index (χ0v) is 10.8. The summed E-state index contributed by atoms with van der Waals surface area (Å²) in [5.74, 6) is -1.03. The first kappa shape index (κ1) is 14.3. The van der Waals surface area contributed by atoms with E-state index >= 15 is 0 Å². The van der Waals surface area contributed by atoms with Crippen LogP contribution in [0.3, 0.4) is 0 Å². The Morgan fingerprint density at radius 1 is 1.39 bits per heavy atom. The van der Waals surface area contributed by atoms with Crippen LogP contribution in [-0.2, 0) is 4.74 Å². The molecule has 0 spiro atoms. The number of carboxylic acid groups (broad SMARTS) is 1. The van der Waals surface area contributed by atoms with Gasteiger partial charge in [0.25, 0.3) is 0 Å². The standard InChI is InChI=1S/C13H18O5/c1-13(2,17-3)6-7-18-9-4-5-10(12(15)16)11(14)8-9/h4-5,8,14H,6-7H2,1-3H3,(H,15,16). The molecule has 0 bridgehead atoms. The van der Waals surface area contributed by atoms with Crippen LogP contribution in [0, 0.1) is 0 Å². The number of carbonyl (C=O) groups is 1. The van der Waals surface area contributed by atoms with Crippen molar-refractivity contribution in [2.45, 2.75) is 25.9 Å². The molecule has 1 rings (SSSR count). The normalized spacial score (nSPS) is 11.3. The summed E-state index contributed by atoms with van der Waals surface area (Å²) >= 11 is 0. The van der Waals surface area contributed by atoms with Crippen molar-refractivity contribution in [2.75, 3.05) is 13.7 Å². The molecule has 0 saturated carbocycles. The van der Waals surface area contributed by atoms with Gasteiger partial charge in [0.2, 0.25) is 0 Å². The number of ether oxygens (including phenoxy) is 2. The van der Waals surface area contributed by atoms with E-state index in [4.69, 9.17) is 14.6 Å². The fourth-order valence-electron chi connectivity index (χ4n) is 1.30. The van der Waals surface area contributed by atoms with E-state index in [-0.39, 0.29) is 16.9 Å². The molecule has 0 amide bonds. The van der Waals surface area contributed by atoms with Crippen LogP contribution in [0.1, 0.15) is 30.6 Å². The monoisotopic (exact) mass is 254 g/mol. The van der Waals surface area contributed by atoms with Crippen molar-refractivity contribution >= 4 is 5.97 Å². The molecule has 5 nitrogen and oxygen atoms in total. The largest absolute Gasteiger partial charge is 0.507 e. The Kier molecular flexibility index (Phi) is 4.55. The van der Waals surface area contributed by atoms with Gasteiger partial charge < -0.3 is 19.7 Å². The third kappa shape index (κ3) is 3.92. The quantitative estimate of drug-likeness (QED) is 0.814. The molecule has 1 aromatic rings. The highest BCUT2D eigenvalue weighted by Gasteiger charge is 2.16. The summed E-state index contributed by atoms with van der Waals surface area (Å²) in [7, 11) is 1.63. The minimum Gasteiger partial charge on any atom is -0.507 e. The number of methoxy groups -OCH3 is 1. The number of carboxylic acids is 1. The van der Waals surface area contributed by atoms with Crippen LogP contribution in [0.15, 0.2) is 18.2 Å². The molecule has 1 aromatic carbocycles. The van der Waals surface area contributed by atoms with Crippen LogP contribution in [0.25, 0.3) is 0 Å². The molecular weight excluding hydrogens is 236 g/mol. The molecule has 0 fully saturated rings. The fourth-order valence-corrected chi connectivity index (χ4v) is 1.30. The van der Waals surface area contributed by atoms with Crippen LogP contribution in [-0.4, -0.2) is 35.5 Å². The summed E-state index contributed by atoms with van der Waals surface area (Å²) in [6.07, 6.45) is 0.685. The highest BCUT2D eigenvalue weighted by Crippen LogP contribution is 2.24. The van der Waals surface area contributed by atoms with E-state index in [9.17, 15) is 9.90 Å². The van der Waals surface area contributed by atoms with Crippen LogP contribution in [0.4, 0.5) is 0 Å². The average molecular weight is 254 g/mol. The molecular formula is C13H18O5. The number of benzene rings is 1. The van der Waals surface area contributed by atoms with Crippen molar-refractivity contribution < 1.29 is 24.5 Å². The summed E-state index contributed by atoms with van der Waals surface area (Å²) in [4.78, 5) is 10.7. The van der Waals surface area contributed by atoms with Gasteiger partial charge in [-0.15, -0.1) is 0 Å². The lowest BCUT2D eigenvalue weighted by atomic mass is 10.1. The zero-order chi connectivity index (χ0) is 13.8. The lowest BCUT2D eigenvalue weighted by molar-refractivity contribution is 0.00545. The van der Waals surface area contributed by atoms with Crippen molar-refractivity contribution in [3.05, 3.63) is 23.8 Å². The van der Waals surface area contributed by atoms with E-state index in [0.717, 1.165) is 0 Å². The van der Waals surface area contributed by atoms with Gasteiger partial charge >= 0.3 is 5.97 Å². The summed E-state index contributed by atoms with van der Waals surface area (Å²) in [6.45, 7) is 4.31. The number of hydrogen-bond donors (Lipinski definition) is 2. The van der Waals surface area contributed by atoms with Crippen molar-refractivity contribution in [2.24, 2.45) is 0 Å². The fraction of sp³-hybridized carbons (Fsp3) is 0.462. The smallest absolute Gasteiger partial charge is 0.339 e. The molecule has 100 valence electrons. The maximum absolute atomic E-state index is 10.7. The van der Waals surface area contributed by atoms with Crippen LogP contribution in [0.5, 0.6) is 11.5 Å². The Morgan fingerprint density at radius 2 is 2.06 bits per heavy atom. The molecule has 5 heteroatoms. The van der Waals surface area contributed by atoms with E-state index in [2.05, 4.69) is 0 Å². The van der Waals surface area contributed by atoms with Gasteiger partial charge in [0.1, 0.15) is 17.1 Å². The molecule has 0 unspecified atom stereocenters. The van der Waals surface area contributed by atoms with Gasteiger partial charge in [-0.05, 0) is 26.0 Å². The van der Waals surface area contributed by atoms with Gasteiger partial charge in [0.15, 0.2) is 0 Å². The first-order valence-corrected chi connectivity index (χ1v) is 5.60. The Bertz CT molecular complexity index is 425. The van der Waals surface area contributed by atoms with Gasteiger partial charge in [-0.25, -0.2) is 4.79 Å². The number of phenols is 1. The highest BCUT2D eigenvalue weighted by molar-refractivity contribution is 5.90. The summed E-state index contributed by atoms with van der Waals surface area (Å²) in [5, 5.41) is 18.2. The number of aromatic hydroxyl groups is 1. The minimum atomic E-state index is -1.17. The van der Waals surface area contributed by atoms with Crippen LogP contribution >= 0.6 is 0 Å². The maximum atomic E-state index is 10.7. The first-order valence-electron chi connectivity index (χ1n) is 5.60. The Balaban J connectivity index is 2.59.